The highest BCUT2D eigenvalue weighted by atomic mass is 16.5. The highest BCUT2D eigenvalue weighted by molar-refractivity contribution is 5.91. The second-order valence-corrected chi connectivity index (χ2v) is 7.83. The minimum Gasteiger partial charge on any atom is -0.376 e. The molecule has 0 atom stereocenters. The standard InChI is InChI=1S/C23H26N4O/c1-16-12-18(8-9-19(16)15-28-14-17-6-4-3-5-7-17)22-20-10-11-27(2)23(20)26-21(13-24)25-22/h8-12,17H,3-7,14-15H2,1-2H3. The number of nitriles is 1. The van der Waals surface area contributed by atoms with Gasteiger partial charge < -0.3 is 9.30 Å². The lowest BCUT2D eigenvalue weighted by Crippen LogP contribution is -2.13. The Kier molecular flexibility index (Phi) is 5.40. The Morgan fingerprint density at radius 1 is 1.18 bits per heavy atom. The van der Waals surface area contributed by atoms with Gasteiger partial charge in [0.15, 0.2) is 0 Å². The molecule has 1 fully saturated rings. The van der Waals surface area contributed by atoms with Crippen molar-refractivity contribution < 1.29 is 4.74 Å². The van der Waals surface area contributed by atoms with Crippen LogP contribution in [0.25, 0.3) is 22.3 Å². The van der Waals surface area contributed by atoms with Crippen LogP contribution in [0.15, 0.2) is 30.5 Å². The lowest BCUT2D eigenvalue weighted by atomic mass is 9.90. The van der Waals surface area contributed by atoms with Gasteiger partial charge in [0.05, 0.1) is 12.3 Å². The van der Waals surface area contributed by atoms with Crippen LogP contribution < -0.4 is 0 Å². The fourth-order valence-electron chi connectivity index (χ4n) is 4.10. The molecular weight excluding hydrogens is 348 g/mol. The molecule has 1 aliphatic carbocycles. The molecule has 5 heteroatoms. The van der Waals surface area contributed by atoms with E-state index in [1.807, 2.05) is 23.9 Å². The van der Waals surface area contributed by atoms with E-state index in [1.54, 1.807) is 0 Å². The van der Waals surface area contributed by atoms with Gasteiger partial charge in [0, 0.05) is 30.8 Å². The molecule has 0 aliphatic heterocycles. The maximum atomic E-state index is 9.30. The Bertz CT molecular complexity index is 1020. The molecular formula is C23H26N4O. The van der Waals surface area contributed by atoms with Crippen molar-refractivity contribution in [2.45, 2.75) is 45.6 Å². The van der Waals surface area contributed by atoms with E-state index >= 15 is 0 Å². The predicted molar refractivity (Wildman–Crippen MR) is 110 cm³/mol. The molecule has 1 aliphatic rings. The molecule has 0 N–H and O–H groups in total. The summed E-state index contributed by atoms with van der Waals surface area (Å²) in [5.41, 5.74) is 4.98. The Balaban J connectivity index is 1.55. The quantitative estimate of drug-likeness (QED) is 0.636. The third-order valence-corrected chi connectivity index (χ3v) is 5.78. The zero-order valence-electron chi connectivity index (χ0n) is 16.6. The molecule has 2 aromatic heterocycles. The first kappa shape index (κ1) is 18.6. The van der Waals surface area contributed by atoms with Crippen molar-refractivity contribution in [2.24, 2.45) is 13.0 Å². The van der Waals surface area contributed by atoms with Gasteiger partial charge in [-0.1, -0.05) is 31.4 Å². The van der Waals surface area contributed by atoms with E-state index in [9.17, 15) is 5.26 Å². The molecule has 1 aromatic carbocycles. The number of hydrogen-bond acceptors (Lipinski definition) is 4. The van der Waals surface area contributed by atoms with E-state index < -0.39 is 0 Å². The molecule has 0 amide bonds. The van der Waals surface area contributed by atoms with E-state index in [0.29, 0.717) is 6.61 Å². The molecule has 5 nitrogen and oxygen atoms in total. The SMILES string of the molecule is Cc1cc(-c2nc(C#N)nc3c2ccn3C)ccc1COCC1CCCCC1. The number of hydrogen-bond donors (Lipinski definition) is 0. The highest BCUT2D eigenvalue weighted by Crippen LogP contribution is 2.29. The van der Waals surface area contributed by atoms with Crippen molar-refractivity contribution in [3.63, 3.8) is 0 Å². The Hall–Kier alpha value is -2.71. The number of nitrogens with zero attached hydrogens (tertiary/aromatic N) is 4. The summed E-state index contributed by atoms with van der Waals surface area (Å²) in [5, 5.41) is 10.3. The number of fused-ring (bicyclic) bond motifs is 1. The molecule has 0 spiro atoms. The lowest BCUT2D eigenvalue weighted by Gasteiger charge is -2.21. The molecule has 3 aromatic rings. The minimum atomic E-state index is 0.196. The van der Waals surface area contributed by atoms with Crippen LogP contribution in [0.2, 0.25) is 0 Å². The number of benzene rings is 1. The molecule has 4 rings (SSSR count). The summed E-state index contributed by atoms with van der Waals surface area (Å²) < 4.78 is 7.94. The normalized spacial score (nSPS) is 15.0. The van der Waals surface area contributed by atoms with Crippen molar-refractivity contribution in [3.8, 4) is 17.3 Å². The summed E-state index contributed by atoms with van der Waals surface area (Å²) in [7, 11) is 1.93. The molecule has 0 radical (unpaired) electrons. The van der Waals surface area contributed by atoms with Crippen LogP contribution in [0.4, 0.5) is 0 Å². The van der Waals surface area contributed by atoms with Crippen molar-refractivity contribution in [1.82, 2.24) is 14.5 Å². The van der Waals surface area contributed by atoms with Gasteiger partial charge in [-0.05, 0) is 48.9 Å². The first-order valence-corrected chi connectivity index (χ1v) is 10.1. The van der Waals surface area contributed by atoms with Gasteiger partial charge in [-0.25, -0.2) is 9.97 Å². The van der Waals surface area contributed by atoms with Gasteiger partial charge in [-0.15, -0.1) is 0 Å². The van der Waals surface area contributed by atoms with Crippen LogP contribution >= 0.6 is 0 Å². The number of ether oxygens (including phenoxy) is 1. The van der Waals surface area contributed by atoms with Crippen LogP contribution in [0.5, 0.6) is 0 Å². The molecule has 0 saturated heterocycles. The summed E-state index contributed by atoms with van der Waals surface area (Å²) in [5.74, 6) is 0.923. The summed E-state index contributed by atoms with van der Waals surface area (Å²) in [4.78, 5) is 8.82. The third kappa shape index (κ3) is 3.79. The first-order chi connectivity index (χ1) is 13.7. The van der Waals surface area contributed by atoms with Gasteiger partial charge in [-0.2, -0.15) is 5.26 Å². The van der Waals surface area contributed by atoms with Crippen molar-refractivity contribution in [2.75, 3.05) is 6.61 Å². The monoisotopic (exact) mass is 374 g/mol. The largest absolute Gasteiger partial charge is 0.376 e. The highest BCUT2D eigenvalue weighted by Gasteiger charge is 2.15. The van der Waals surface area contributed by atoms with Gasteiger partial charge in [0.25, 0.3) is 0 Å². The van der Waals surface area contributed by atoms with Crippen molar-refractivity contribution in [1.29, 1.82) is 5.26 Å². The van der Waals surface area contributed by atoms with E-state index in [2.05, 4.69) is 41.2 Å². The minimum absolute atomic E-state index is 0.196. The predicted octanol–water partition coefficient (Wildman–Crippen LogP) is 4.91. The molecule has 1 saturated carbocycles. The van der Waals surface area contributed by atoms with Crippen LogP contribution in [-0.4, -0.2) is 21.1 Å². The molecule has 0 unspecified atom stereocenters. The average Bonchev–Trinajstić information content (AvgIpc) is 3.10. The zero-order valence-corrected chi connectivity index (χ0v) is 16.6. The zero-order chi connectivity index (χ0) is 19.5. The van der Waals surface area contributed by atoms with Gasteiger partial charge in [-0.3, -0.25) is 0 Å². The van der Waals surface area contributed by atoms with E-state index in [0.717, 1.165) is 34.8 Å². The van der Waals surface area contributed by atoms with E-state index in [1.165, 1.54) is 43.2 Å². The van der Waals surface area contributed by atoms with Gasteiger partial charge >= 0.3 is 0 Å². The molecule has 0 bridgehead atoms. The average molecular weight is 374 g/mol. The van der Waals surface area contributed by atoms with E-state index in [-0.39, 0.29) is 5.82 Å². The second-order valence-electron chi connectivity index (χ2n) is 7.83. The van der Waals surface area contributed by atoms with Gasteiger partial charge in [0.1, 0.15) is 11.7 Å². The van der Waals surface area contributed by atoms with Crippen molar-refractivity contribution in [3.05, 3.63) is 47.4 Å². The Labute approximate surface area is 166 Å². The summed E-state index contributed by atoms with van der Waals surface area (Å²) in [6.45, 7) is 3.62. The van der Waals surface area contributed by atoms with E-state index in [4.69, 9.17) is 4.74 Å². The van der Waals surface area contributed by atoms with Crippen LogP contribution in [0.3, 0.4) is 0 Å². The fourth-order valence-corrected chi connectivity index (χ4v) is 4.10. The number of rotatable bonds is 5. The topological polar surface area (TPSA) is 63.7 Å². The molecule has 2 heterocycles. The third-order valence-electron chi connectivity index (χ3n) is 5.78. The summed E-state index contributed by atoms with van der Waals surface area (Å²) >= 11 is 0. The Morgan fingerprint density at radius 2 is 2.00 bits per heavy atom. The second kappa shape index (κ2) is 8.12. The van der Waals surface area contributed by atoms with Crippen molar-refractivity contribution >= 4 is 11.0 Å². The maximum absolute atomic E-state index is 9.30. The van der Waals surface area contributed by atoms with Crippen LogP contribution in [0, 0.1) is 24.2 Å². The van der Waals surface area contributed by atoms with Crippen LogP contribution in [-0.2, 0) is 18.4 Å². The number of aryl methyl sites for hydroxylation is 2. The molecule has 28 heavy (non-hydrogen) atoms. The lowest BCUT2D eigenvalue weighted by molar-refractivity contribution is 0.0736. The maximum Gasteiger partial charge on any atom is 0.234 e. The first-order valence-electron chi connectivity index (χ1n) is 10.1. The fraction of sp³-hybridized carbons (Fsp3) is 0.435. The molecule has 144 valence electrons. The van der Waals surface area contributed by atoms with Gasteiger partial charge in [0.2, 0.25) is 5.82 Å². The summed E-state index contributed by atoms with van der Waals surface area (Å²) in [6.07, 6.45) is 8.63. The summed E-state index contributed by atoms with van der Waals surface area (Å²) in [6, 6.07) is 10.4. The van der Waals surface area contributed by atoms with Crippen LogP contribution in [0.1, 0.15) is 49.1 Å². The number of aromatic nitrogens is 3. The Morgan fingerprint density at radius 3 is 2.75 bits per heavy atom. The smallest absolute Gasteiger partial charge is 0.234 e.